The monoisotopic (exact) mass is 181 g/mol. The van der Waals surface area contributed by atoms with Crippen molar-refractivity contribution in [1.29, 1.82) is 0 Å². The van der Waals surface area contributed by atoms with E-state index in [0.29, 0.717) is 6.54 Å². The van der Waals surface area contributed by atoms with Gasteiger partial charge in [0.05, 0.1) is 14.2 Å². The molecule has 0 atom stereocenters. The van der Waals surface area contributed by atoms with Crippen LogP contribution >= 0.6 is 0 Å². The standard InChI is InChI=1S/C10H15NO2/c1-8-5-4-6-9(7-11-13-3)10(8)12-2/h4-6,11H,7H2,1-3H3. The summed E-state index contributed by atoms with van der Waals surface area (Å²) in [4.78, 5) is 4.78. The molecule has 0 aliphatic rings. The molecule has 0 heterocycles. The molecule has 1 aromatic rings. The van der Waals surface area contributed by atoms with Crippen molar-refractivity contribution in [3.8, 4) is 5.75 Å². The number of nitrogens with one attached hydrogen (secondary N) is 1. The largest absolute Gasteiger partial charge is 0.496 e. The van der Waals surface area contributed by atoms with Crippen molar-refractivity contribution in [3.63, 3.8) is 0 Å². The van der Waals surface area contributed by atoms with E-state index in [-0.39, 0.29) is 0 Å². The molecule has 1 aromatic carbocycles. The highest BCUT2D eigenvalue weighted by atomic mass is 16.6. The quantitative estimate of drug-likeness (QED) is 0.716. The molecule has 1 rings (SSSR count). The van der Waals surface area contributed by atoms with Crippen molar-refractivity contribution in [2.24, 2.45) is 0 Å². The fourth-order valence-electron chi connectivity index (χ4n) is 1.29. The summed E-state index contributed by atoms with van der Waals surface area (Å²) in [6, 6.07) is 6.04. The lowest BCUT2D eigenvalue weighted by Gasteiger charge is -2.10. The minimum Gasteiger partial charge on any atom is -0.496 e. The molecular weight excluding hydrogens is 166 g/mol. The third kappa shape index (κ3) is 2.44. The van der Waals surface area contributed by atoms with Gasteiger partial charge in [-0.25, -0.2) is 0 Å². The fourth-order valence-corrected chi connectivity index (χ4v) is 1.29. The Morgan fingerprint density at radius 3 is 2.69 bits per heavy atom. The molecule has 72 valence electrons. The van der Waals surface area contributed by atoms with Crippen LogP contribution in [0.2, 0.25) is 0 Å². The summed E-state index contributed by atoms with van der Waals surface area (Å²) in [6.07, 6.45) is 0. The first-order valence-electron chi connectivity index (χ1n) is 4.18. The first-order valence-corrected chi connectivity index (χ1v) is 4.18. The molecule has 1 N–H and O–H groups in total. The maximum absolute atomic E-state index is 5.28. The molecule has 0 saturated carbocycles. The Balaban J connectivity index is 2.85. The molecule has 3 heteroatoms. The van der Waals surface area contributed by atoms with Crippen molar-refractivity contribution < 1.29 is 9.57 Å². The summed E-state index contributed by atoms with van der Waals surface area (Å²) in [5.74, 6) is 0.923. The fraction of sp³-hybridized carbons (Fsp3) is 0.400. The van der Waals surface area contributed by atoms with Gasteiger partial charge in [-0.05, 0) is 12.5 Å². The lowest BCUT2D eigenvalue weighted by Crippen LogP contribution is -2.11. The highest BCUT2D eigenvalue weighted by molar-refractivity contribution is 5.40. The van der Waals surface area contributed by atoms with Crippen LogP contribution in [0.15, 0.2) is 18.2 Å². The Kier molecular flexibility index (Phi) is 3.73. The normalized spacial score (nSPS) is 10.1. The van der Waals surface area contributed by atoms with Crippen LogP contribution in [0.3, 0.4) is 0 Å². The van der Waals surface area contributed by atoms with Crippen LogP contribution in [-0.2, 0) is 11.4 Å². The topological polar surface area (TPSA) is 30.5 Å². The summed E-state index contributed by atoms with van der Waals surface area (Å²) < 4.78 is 5.28. The lowest BCUT2D eigenvalue weighted by atomic mass is 10.1. The van der Waals surface area contributed by atoms with E-state index < -0.39 is 0 Å². The van der Waals surface area contributed by atoms with Crippen LogP contribution in [0, 0.1) is 6.92 Å². The van der Waals surface area contributed by atoms with E-state index in [2.05, 4.69) is 5.48 Å². The van der Waals surface area contributed by atoms with Gasteiger partial charge in [0.25, 0.3) is 0 Å². The van der Waals surface area contributed by atoms with Gasteiger partial charge < -0.3 is 9.57 Å². The van der Waals surface area contributed by atoms with Crippen molar-refractivity contribution in [2.45, 2.75) is 13.5 Å². The van der Waals surface area contributed by atoms with E-state index >= 15 is 0 Å². The zero-order valence-corrected chi connectivity index (χ0v) is 8.26. The smallest absolute Gasteiger partial charge is 0.126 e. The van der Waals surface area contributed by atoms with Crippen LogP contribution in [0.4, 0.5) is 0 Å². The van der Waals surface area contributed by atoms with Gasteiger partial charge in [0.2, 0.25) is 0 Å². The number of ether oxygens (including phenoxy) is 1. The molecule has 0 fully saturated rings. The number of methoxy groups -OCH3 is 1. The van der Waals surface area contributed by atoms with Gasteiger partial charge in [0.15, 0.2) is 0 Å². The molecule has 0 aliphatic heterocycles. The van der Waals surface area contributed by atoms with Crippen molar-refractivity contribution in [3.05, 3.63) is 29.3 Å². The number of hydrogen-bond acceptors (Lipinski definition) is 3. The summed E-state index contributed by atoms with van der Waals surface area (Å²) in [6.45, 7) is 2.68. The third-order valence-electron chi connectivity index (χ3n) is 1.90. The minimum absolute atomic E-state index is 0.654. The SMILES string of the molecule is CONCc1cccc(C)c1OC. The van der Waals surface area contributed by atoms with Crippen LogP contribution in [0.1, 0.15) is 11.1 Å². The van der Waals surface area contributed by atoms with E-state index in [9.17, 15) is 0 Å². The van der Waals surface area contributed by atoms with E-state index in [4.69, 9.17) is 9.57 Å². The second-order valence-corrected chi connectivity index (χ2v) is 2.79. The van der Waals surface area contributed by atoms with Gasteiger partial charge in [0.1, 0.15) is 5.75 Å². The number of hydroxylamine groups is 1. The first kappa shape index (κ1) is 10.0. The Bertz CT molecular complexity index is 274. The van der Waals surface area contributed by atoms with Gasteiger partial charge in [-0.3, -0.25) is 0 Å². The van der Waals surface area contributed by atoms with Crippen molar-refractivity contribution in [1.82, 2.24) is 5.48 Å². The molecule has 0 aliphatic carbocycles. The molecule has 0 saturated heterocycles. The van der Waals surface area contributed by atoms with Crippen molar-refractivity contribution >= 4 is 0 Å². The molecule has 0 aromatic heterocycles. The number of benzene rings is 1. The van der Waals surface area contributed by atoms with Gasteiger partial charge in [-0.1, -0.05) is 18.2 Å². The molecule has 0 spiro atoms. The molecule has 3 nitrogen and oxygen atoms in total. The number of rotatable bonds is 4. The van der Waals surface area contributed by atoms with E-state index in [0.717, 1.165) is 16.9 Å². The third-order valence-corrected chi connectivity index (χ3v) is 1.90. The summed E-state index contributed by atoms with van der Waals surface area (Å²) in [7, 11) is 3.28. The maximum Gasteiger partial charge on any atom is 0.126 e. The first-order chi connectivity index (χ1) is 6.29. The highest BCUT2D eigenvalue weighted by Gasteiger charge is 2.04. The Hall–Kier alpha value is -1.06. The second-order valence-electron chi connectivity index (χ2n) is 2.79. The van der Waals surface area contributed by atoms with E-state index in [1.54, 1.807) is 14.2 Å². The number of hydrogen-bond donors (Lipinski definition) is 1. The Morgan fingerprint density at radius 1 is 1.31 bits per heavy atom. The number of aryl methyl sites for hydroxylation is 1. The number of para-hydroxylation sites is 1. The molecule has 0 radical (unpaired) electrons. The summed E-state index contributed by atoms with van der Waals surface area (Å²) >= 11 is 0. The average molecular weight is 181 g/mol. The van der Waals surface area contributed by atoms with Crippen LogP contribution in [0.25, 0.3) is 0 Å². The summed E-state index contributed by atoms with van der Waals surface area (Å²) in [5, 5.41) is 0. The van der Waals surface area contributed by atoms with Gasteiger partial charge in [0, 0.05) is 12.1 Å². The maximum atomic E-state index is 5.28. The zero-order valence-electron chi connectivity index (χ0n) is 8.26. The molecule has 13 heavy (non-hydrogen) atoms. The molecule has 0 unspecified atom stereocenters. The van der Waals surface area contributed by atoms with E-state index in [1.165, 1.54) is 0 Å². The zero-order chi connectivity index (χ0) is 9.68. The van der Waals surface area contributed by atoms with Crippen LogP contribution in [-0.4, -0.2) is 14.2 Å². The predicted molar refractivity (Wildman–Crippen MR) is 51.6 cm³/mol. The summed E-state index contributed by atoms with van der Waals surface area (Å²) in [5.41, 5.74) is 5.02. The Labute approximate surface area is 78.6 Å². The molecular formula is C10H15NO2. The molecule has 0 amide bonds. The Morgan fingerprint density at radius 2 is 2.08 bits per heavy atom. The van der Waals surface area contributed by atoms with Gasteiger partial charge >= 0.3 is 0 Å². The van der Waals surface area contributed by atoms with Crippen LogP contribution < -0.4 is 10.2 Å². The lowest BCUT2D eigenvalue weighted by molar-refractivity contribution is 0.0861. The van der Waals surface area contributed by atoms with Crippen molar-refractivity contribution in [2.75, 3.05) is 14.2 Å². The second kappa shape index (κ2) is 4.84. The minimum atomic E-state index is 0.654. The van der Waals surface area contributed by atoms with E-state index in [1.807, 2.05) is 25.1 Å². The average Bonchev–Trinajstić information content (AvgIpc) is 2.15. The highest BCUT2D eigenvalue weighted by Crippen LogP contribution is 2.22. The van der Waals surface area contributed by atoms with Crippen LogP contribution in [0.5, 0.6) is 5.75 Å². The predicted octanol–water partition coefficient (Wildman–Crippen LogP) is 1.65. The molecule has 0 bridgehead atoms. The van der Waals surface area contributed by atoms with Gasteiger partial charge in [-0.15, -0.1) is 0 Å². The van der Waals surface area contributed by atoms with Gasteiger partial charge in [-0.2, -0.15) is 5.48 Å².